The van der Waals surface area contributed by atoms with E-state index in [2.05, 4.69) is 31.0 Å². The first-order valence-corrected chi connectivity index (χ1v) is 6.89. The molecule has 0 aromatic heterocycles. The lowest BCUT2D eigenvalue weighted by Crippen LogP contribution is -2.51. The third-order valence-electron chi connectivity index (χ3n) is 4.29. The Morgan fingerprint density at radius 3 is 2.71 bits per heavy atom. The molecular weight excluding hydrogens is 212 g/mol. The molecule has 0 spiro atoms. The first-order chi connectivity index (χ1) is 7.97. The zero-order chi connectivity index (χ0) is 12.9. The smallest absolute Gasteiger partial charge is 0.0777 e. The highest BCUT2D eigenvalue weighted by Crippen LogP contribution is 2.28. The number of hydrogen-bond acceptors (Lipinski definition) is 3. The third-order valence-corrected chi connectivity index (χ3v) is 4.29. The molecule has 0 radical (unpaired) electrons. The zero-order valence-electron chi connectivity index (χ0n) is 12.3. The molecule has 0 saturated carbocycles. The molecule has 3 nitrogen and oxygen atoms in total. The van der Waals surface area contributed by atoms with E-state index in [1.807, 2.05) is 14.2 Å². The summed E-state index contributed by atoms with van der Waals surface area (Å²) in [5, 5.41) is 3.33. The largest absolute Gasteiger partial charge is 0.377 e. The van der Waals surface area contributed by atoms with Gasteiger partial charge in [-0.2, -0.15) is 0 Å². The molecule has 1 rings (SSSR count). The number of piperidine rings is 1. The normalized spacial score (nSPS) is 30.2. The molecular formula is C14H30N2O. The summed E-state index contributed by atoms with van der Waals surface area (Å²) in [6.07, 6.45) is 3.66. The van der Waals surface area contributed by atoms with Crippen LogP contribution in [0.25, 0.3) is 0 Å². The van der Waals surface area contributed by atoms with E-state index >= 15 is 0 Å². The summed E-state index contributed by atoms with van der Waals surface area (Å²) >= 11 is 0. The first-order valence-electron chi connectivity index (χ1n) is 6.89. The van der Waals surface area contributed by atoms with E-state index in [0.29, 0.717) is 5.41 Å². The Morgan fingerprint density at radius 1 is 1.47 bits per heavy atom. The van der Waals surface area contributed by atoms with E-state index in [-0.39, 0.29) is 5.60 Å². The maximum atomic E-state index is 5.66. The summed E-state index contributed by atoms with van der Waals surface area (Å²) in [4.78, 5) is 2.58. The molecule has 1 aliphatic heterocycles. The molecule has 1 saturated heterocycles. The second-order valence-corrected chi connectivity index (χ2v) is 6.16. The highest BCUT2D eigenvalue weighted by molar-refractivity contribution is 4.88. The molecule has 3 heteroatoms. The van der Waals surface area contributed by atoms with Crippen LogP contribution in [0.3, 0.4) is 0 Å². The predicted octanol–water partition coefficient (Wildman–Crippen LogP) is 2.12. The fourth-order valence-corrected chi connectivity index (χ4v) is 2.87. The van der Waals surface area contributed by atoms with Crippen molar-refractivity contribution in [3.8, 4) is 0 Å². The highest BCUT2D eigenvalue weighted by Gasteiger charge is 2.33. The van der Waals surface area contributed by atoms with Crippen molar-refractivity contribution in [2.75, 3.05) is 40.3 Å². The molecule has 0 aliphatic carbocycles. The summed E-state index contributed by atoms with van der Waals surface area (Å²) in [5.41, 5.74) is 0.438. The maximum Gasteiger partial charge on any atom is 0.0777 e. The van der Waals surface area contributed by atoms with Crippen molar-refractivity contribution in [2.24, 2.45) is 5.41 Å². The van der Waals surface area contributed by atoms with Crippen LogP contribution in [0.5, 0.6) is 0 Å². The average Bonchev–Trinajstić information content (AvgIpc) is 2.29. The molecule has 17 heavy (non-hydrogen) atoms. The lowest BCUT2D eigenvalue weighted by molar-refractivity contribution is -0.0584. The lowest BCUT2D eigenvalue weighted by atomic mass is 9.85. The van der Waals surface area contributed by atoms with Gasteiger partial charge in [-0.3, -0.25) is 4.90 Å². The van der Waals surface area contributed by atoms with Gasteiger partial charge in [0.2, 0.25) is 0 Å². The van der Waals surface area contributed by atoms with Crippen molar-refractivity contribution in [1.29, 1.82) is 0 Å². The van der Waals surface area contributed by atoms with Gasteiger partial charge in [-0.25, -0.2) is 0 Å². The van der Waals surface area contributed by atoms with Gasteiger partial charge in [-0.05, 0) is 45.2 Å². The summed E-state index contributed by atoms with van der Waals surface area (Å²) in [6.45, 7) is 11.5. The lowest BCUT2D eigenvalue weighted by Gasteiger charge is -2.43. The minimum atomic E-state index is 0.0620. The summed E-state index contributed by atoms with van der Waals surface area (Å²) in [5.74, 6) is 0. The molecule has 1 fully saturated rings. The van der Waals surface area contributed by atoms with Gasteiger partial charge in [0, 0.05) is 26.7 Å². The van der Waals surface area contributed by atoms with Crippen LogP contribution in [0.15, 0.2) is 0 Å². The summed E-state index contributed by atoms with van der Waals surface area (Å²) in [7, 11) is 3.89. The van der Waals surface area contributed by atoms with Gasteiger partial charge in [0.25, 0.3) is 0 Å². The Labute approximate surface area is 107 Å². The Morgan fingerprint density at radius 2 is 2.18 bits per heavy atom. The number of nitrogens with one attached hydrogen (secondary N) is 1. The SMILES string of the molecule is CCC(C)(CNC)CN1CCCC(C)(OC)C1. The van der Waals surface area contributed by atoms with Crippen molar-refractivity contribution in [3.63, 3.8) is 0 Å². The molecule has 0 amide bonds. The average molecular weight is 242 g/mol. The fourth-order valence-electron chi connectivity index (χ4n) is 2.87. The summed E-state index contributed by atoms with van der Waals surface area (Å²) in [6, 6.07) is 0. The molecule has 102 valence electrons. The second-order valence-electron chi connectivity index (χ2n) is 6.16. The molecule has 1 N–H and O–H groups in total. The Hall–Kier alpha value is -0.120. The third kappa shape index (κ3) is 4.23. The number of likely N-dealkylation sites (tertiary alicyclic amines) is 1. The van der Waals surface area contributed by atoms with Crippen LogP contribution in [-0.4, -0.2) is 50.8 Å². The number of ether oxygens (including phenoxy) is 1. The zero-order valence-corrected chi connectivity index (χ0v) is 12.3. The first kappa shape index (κ1) is 14.9. The monoisotopic (exact) mass is 242 g/mol. The van der Waals surface area contributed by atoms with Crippen molar-refractivity contribution in [3.05, 3.63) is 0 Å². The van der Waals surface area contributed by atoms with E-state index in [9.17, 15) is 0 Å². The van der Waals surface area contributed by atoms with Gasteiger partial charge in [0.1, 0.15) is 0 Å². The highest BCUT2D eigenvalue weighted by atomic mass is 16.5. The second kappa shape index (κ2) is 6.17. The molecule has 0 bridgehead atoms. The molecule has 0 aromatic carbocycles. The van der Waals surface area contributed by atoms with E-state index in [0.717, 1.165) is 13.1 Å². The molecule has 0 aromatic rings. The number of methoxy groups -OCH3 is 1. The summed E-state index contributed by atoms with van der Waals surface area (Å²) < 4.78 is 5.66. The van der Waals surface area contributed by atoms with Gasteiger partial charge in [0.05, 0.1) is 5.60 Å². The fraction of sp³-hybridized carbons (Fsp3) is 1.00. The number of rotatable bonds is 6. The van der Waals surface area contributed by atoms with Gasteiger partial charge < -0.3 is 10.1 Å². The van der Waals surface area contributed by atoms with Gasteiger partial charge >= 0.3 is 0 Å². The van der Waals surface area contributed by atoms with Gasteiger partial charge in [-0.1, -0.05) is 13.8 Å². The van der Waals surface area contributed by atoms with E-state index in [1.54, 1.807) is 0 Å². The van der Waals surface area contributed by atoms with Crippen LogP contribution in [0.2, 0.25) is 0 Å². The van der Waals surface area contributed by atoms with Crippen LogP contribution in [0.1, 0.15) is 40.0 Å². The van der Waals surface area contributed by atoms with Crippen molar-refractivity contribution in [2.45, 2.75) is 45.6 Å². The van der Waals surface area contributed by atoms with E-state index < -0.39 is 0 Å². The molecule has 2 atom stereocenters. The van der Waals surface area contributed by atoms with Crippen LogP contribution < -0.4 is 5.32 Å². The van der Waals surface area contributed by atoms with Crippen LogP contribution in [0, 0.1) is 5.41 Å². The van der Waals surface area contributed by atoms with Crippen molar-refractivity contribution >= 4 is 0 Å². The Balaban J connectivity index is 2.55. The number of nitrogens with zero attached hydrogens (tertiary/aromatic N) is 1. The van der Waals surface area contributed by atoms with Crippen molar-refractivity contribution < 1.29 is 4.74 Å². The minimum Gasteiger partial charge on any atom is -0.377 e. The Kier molecular flexibility index (Phi) is 5.42. The van der Waals surface area contributed by atoms with Crippen molar-refractivity contribution in [1.82, 2.24) is 10.2 Å². The van der Waals surface area contributed by atoms with Gasteiger partial charge in [0.15, 0.2) is 0 Å². The van der Waals surface area contributed by atoms with E-state index in [4.69, 9.17) is 4.74 Å². The standard InChI is InChI=1S/C14H30N2O/c1-6-13(2,10-15-4)11-16-9-7-8-14(3,12-16)17-5/h15H,6-12H2,1-5H3. The quantitative estimate of drug-likeness (QED) is 0.772. The van der Waals surface area contributed by atoms with Crippen LogP contribution >= 0.6 is 0 Å². The number of hydrogen-bond donors (Lipinski definition) is 1. The molecule has 2 unspecified atom stereocenters. The minimum absolute atomic E-state index is 0.0620. The van der Waals surface area contributed by atoms with Crippen LogP contribution in [-0.2, 0) is 4.74 Å². The Bertz CT molecular complexity index is 234. The molecule has 1 aliphatic rings. The van der Waals surface area contributed by atoms with Crippen LogP contribution in [0.4, 0.5) is 0 Å². The molecule has 1 heterocycles. The van der Waals surface area contributed by atoms with Gasteiger partial charge in [-0.15, -0.1) is 0 Å². The maximum absolute atomic E-state index is 5.66. The van der Waals surface area contributed by atoms with E-state index in [1.165, 1.54) is 32.4 Å². The predicted molar refractivity (Wildman–Crippen MR) is 73.4 cm³/mol. The topological polar surface area (TPSA) is 24.5 Å².